The summed E-state index contributed by atoms with van der Waals surface area (Å²) in [5.74, 6) is 6.57. The van der Waals surface area contributed by atoms with Crippen molar-refractivity contribution in [1.29, 1.82) is 0 Å². The molecule has 1 heterocycles. The van der Waals surface area contributed by atoms with E-state index < -0.39 is 0 Å². The van der Waals surface area contributed by atoms with E-state index in [1.165, 1.54) is 6.20 Å². The number of rotatable bonds is 3. The van der Waals surface area contributed by atoms with E-state index in [0.29, 0.717) is 17.0 Å². The molecule has 0 fully saturated rings. The van der Waals surface area contributed by atoms with E-state index in [9.17, 15) is 4.79 Å². The zero-order valence-electron chi connectivity index (χ0n) is 10.2. The first-order chi connectivity index (χ1) is 8.63. The maximum atomic E-state index is 11.7. The van der Waals surface area contributed by atoms with E-state index in [2.05, 4.69) is 10.3 Å². The van der Waals surface area contributed by atoms with E-state index in [1.807, 2.05) is 18.2 Å². The highest BCUT2D eigenvalue weighted by atomic mass is 16.5. The number of ether oxygens (including phenoxy) is 1. The number of nitrogen functional groups attached to an aromatic ring is 1. The number of anilines is 2. The van der Waals surface area contributed by atoms with E-state index in [4.69, 9.17) is 10.6 Å². The molecule has 6 nitrogen and oxygen atoms in total. The second-order valence-electron chi connectivity index (χ2n) is 3.77. The summed E-state index contributed by atoms with van der Waals surface area (Å²) >= 11 is 0. The maximum absolute atomic E-state index is 11.7. The molecule has 1 aromatic heterocycles. The molecule has 0 aliphatic heterocycles. The van der Waals surface area contributed by atoms with Gasteiger partial charge in [-0.2, -0.15) is 4.68 Å². The minimum Gasteiger partial charge on any atom is -0.495 e. The standard InChI is InChI=1S/C12H14N4O2/c1-8-7-14-12(16(13)11(8)17)15-9-5-3-4-6-10(9)18-2/h3-7H,13H2,1-2H3,(H,14,15). The minimum atomic E-state index is -0.289. The van der Waals surface area contributed by atoms with Gasteiger partial charge in [0.25, 0.3) is 5.56 Å². The third kappa shape index (κ3) is 2.13. The number of aromatic nitrogens is 2. The van der Waals surface area contributed by atoms with Crippen LogP contribution in [0.2, 0.25) is 0 Å². The molecule has 0 unspecified atom stereocenters. The highest BCUT2D eigenvalue weighted by Crippen LogP contribution is 2.25. The lowest BCUT2D eigenvalue weighted by Gasteiger charge is -2.12. The monoisotopic (exact) mass is 246 g/mol. The Morgan fingerprint density at radius 3 is 2.83 bits per heavy atom. The molecule has 2 rings (SSSR count). The first kappa shape index (κ1) is 12.0. The van der Waals surface area contributed by atoms with Crippen molar-refractivity contribution in [2.45, 2.75) is 6.92 Å². The maximum Gasteiger partial charge on any atom is 0.276 e. The summed E-state index contributed by atoms with van der Waals surface area (Å²) < 4.78 is 6.17. The van der Waals surface area contributed by atoms with Crippen LogP contribution in [0, 0.1) is 6.92 Å². The van der Waals surface area contributed by atoms with Crippen LogP contribution in [0.15, 0.2) is 35.3 Å². The van der Waals surface area contributed by atoms with Crippen molar-refractivity contribution in [2.24, 2.45) is 0 Å². The molecule has 3 N–H and O–H groups in total. The van der Waals surface area contributed by atoms with Crippen molar-refractivity contribution in [1.82, 2.24) is 9.66 Å². The fourth-order valence-corrected chi connectivity index (χ4v) is 1.52. The van der Waals surface area contributed by atoms with Crippen LogP contribution in [-0.4, -0.2) is 16.8 Å². The third-order valence-corrected chi connectivity index (χ3v) is 2.52. The van der Waals surface area contributed by atoms with Gasteiger partial charge in [-0.25, -0.2) is 4.98 Å². The van der Waals surface area contributed by atoms with Crippen LogP contribution in [0.1, 0.15) is 5.56 Å². The van der Waals surface area contributed by atoms with Crippen LogP contribution >= 0.6 is 0 Å². The zero-order valence-corrected chi connectivity index (χ0v) is 10.2. The van der Waals surface area contributed by atoms with Gasteiger partial charge in [-0.1, -0.05) is 12.1 Å². The predicted octanol–water partition coefficient (Wildman–Crippen LogP) is 1.02. The van der Waals surface area contributed by atoms with Crippen LogP contribution in [-0.2, 0) is 0 Å². The Labute approximate surface area is 104 Å². The summed E-state index contributed by atoms with van der Waals surface area (Å²) in [4.78, 5) is 15.7. The van der Waals surface area contributed by atoms with Crippen molar-refractivity contribution in [3.63, 3.8) is 0 Å². The average molecular weight is 246 g/mol. The lowest BCUT2D eigenvalue weighted by molar-refractivity contribution is 0.416. The molecular weight excluding hydrogens is 232 g/mol. The third-order valence-electron chi connectivity index (χ3n) is 2.52. The number of hydrogen-bond acceptors (Lipinski definition) is 5. The molecule has 0 radical (unpaired) electrons. The normalized spacial score (nSPS) is 10.1. The Morgan fingerprint density at radius 2 is 2.11 bits per heavy atom. The number of nitrogens with two attached hydrogens (primary N) is 1. The molecular formula is C12H14N4O2. The molecule has 0 aliphatic carbocycles. The summed E-state index contributed by atoms with van der Waals surface area (Å²) in [7, 11) is 1.57. The fourth-order valence-electron chi connectivity index (χ4n) is 1.52. The van der Waals surface area contributed by atoms with Crippen molar-refractivity contribution in [3.05, 3.63) is 46.4 Å². The van der Waals surface area contributed by atoms with Crippen LogP contribution in [0.25, 0.3) is 0 Å². The minimum absolute atomic E-state index is 0.259. The second-order valence-corrected chi connectivity index (χ2v) is 3.77. The predicted molar refractivity (Wildman–Crippen MR) is 69.7 cm³/mol. The molecule has 0 saturated heterocycles. The molecule has 0 bridgehead atoms. The molecule has 0 spiro atoms. The smallest absolute Gasteiger partial charge is 0.276 e. The van der Waals surface area contributed by atoms with Crippen LogP contribution in [0.4, 0.5) is 11.6 Å². The van der Waals surface area contributed by atoms with Gasteiger partial charge in [-0.15, -0.1) is 0 Å². The van der Waals surface area contributed by atoms with Gasteiger partial charge in [0.05, 0.1) is 12.8 Å². The van der Waals surface area contributed by atoms with Crippen molar-refractivity contribution >= 4 is 11.6 Å². The van der Waals surface area contributed by atoms with Crippen LogP contribution in [0.3, 0.4) is 0 Å². The molecule has 6 heteroatoms. The van der Waals surface area contributed by atoms with Crippen LogP contribution in [0.5, 0.6) is 5.75 Å². The number of methoxy groups -OCH3 is 1. The molecule has 0 aliphatic rings. The van der Waals surface area contributed by atoms with Gasteiger partial charge in [0, 0.05) is 11.8 Å². The topological polar surface area (TPSA) is 82.2 Å². The van der Waals surface area contributed by atoms with E-state index in [0.717, 1.165) is 4.68 Å². The van der Waals surface area contributed by atoms with Gasteiger partial charge < -0.3 is 15.9 Å². The number of hydrogen-bond donors (Lipinski definition) is 2. The molecule has 18 heavy (non-hydrogen) atoms. The molecule has 0 amide bonds. The summed E-state index contributed by atoms with van der Waals surface area (Å²) in [6, 6.07) is 7.31. The SMILES string of the molecule is COc1ccccc1Nc1ncc(C)c(=O)n1N. The van der Waals surface area contributed by atoms with Crippen molar-refractivity contribution in [2.75, 3.05) is 18.3 Å². The van der Waals surface area contributed by atoms with Crippen LogP contribution < -0.4 is 21.5 Å². The van der Waals surface area contributed by atoms with E-state index in [-0.39, 0.29) is 11.5 Å². The molecule has 0 atom stereocenters. The first-order valence-corrected chi connectivity index (χ1v) is 5.37. The lowest BCUT2D eigenvalue weighted by Crippen LogP contribution is -2.31. The molecule has 1 aromatic carbocycles. The second kappa shape index (κ2) is 4.79. The number of aryl methyl sites for hydroxylation is 1. The zero-order chi connectivity index (χ0) is 13.1. The highest BCUT2D eigenvalue weighted by Gasteiger charge is 2.07. The Morgan fingerprint density at radius 1 is 1.39 bits per heavy atom. The van der Waals surface area contributed by atoms with Crippen molar-refractivity contribution < 1.29 is 4.74 Å². The quantitative estimate of drug-likeness (QED) is 0.790. The summed E-state index contributed by atoms with van der Waals surface area (Å²) in [5, 5.41) is 2.96. The Kier molecular flexibility index (Phi) is 3.18. The van der Waals surface area contributed by atoms with Gasteiger partial charge in [0.15, 0.2) is 0 Å². The summed E-state index contributed by atoms with van der Waals surface area (Å²) in [6.45, 7) is 1.66. The number of nitrogens with zero attached hydrogens (tertiary/aromatic N) is 2. The summed E-state index contributed by atoms with van der Waals surface area (Å²) in [5.41, 5.74) is 0.889. The number of para-hydroxylation sites is 2. The van der Waals surface area contributed by atoms with Gasteiger partial charge in [-0.05, 0) is 19.1 Å². The fraction of sp³-hybridized carbons (Fsp3) is 0.167. The Bertz CT molecular complexity index is 622. The number of nitrogens with one attached hydrogen (secondary N) is 1. The van der Waals surface area contributed by atoms with Gasteiger partial charge >= 0.3 is 0 Å². The highest BCUT2D eigenvalue weighted by molar-refractivity contribution is 5.62. The van der Waals surface area contributed by atoms with E-state index >= 15 is 0 Å². The van der Waals surface area contributed by atoms with E-state index in [1.54, 1.807) is 20.1 Å². The van der Waals surface area contributed by atoms with Crippen molar-refractivity contribution in [3.8, 4) is 5.75 Å². The number of benzene rings is 1. The van der Waals surface area contributed by atoms with Gasteiger partial charge in [0.1, 0.15) is 5.75 Å². The lowest BCUT2D eigenvalue weighted by atomic mass is 10.3. The molecule has 2 aromatic rings. The molecule has 94 valence electrons. The molecule has 0 saturated carbocycles. The first-order valence-electron chi connectivity index (χ1n) is 5.37. The van der Waals surface area contributed by atoms with Gasteiger partial charge in [-0.3, -0.25) is 4.79 Å². The summed E-state index contributed by atoms with van der Waals surface area (Å²) in [6.07, 6.45) is 1.48. The average Bonchev–Trinajstić information content (AvgIpc) is 2.40. The largest absolute Gasteiger partial charge is 0.495 e. The Hall–Kier alpha value is -2.50. The van der Waals surface area contributed by atoms with Gasteiger partial charge in [0.2, 0.25) is 5.95 Å². The Balaban J connectivity index is 2.41.